The second kappa shape index (κ2) is 13.1. The van der Waals surface area contributed by atoms with Crippen molar-refractivity contribution in [3.8, 4) is 0 Å². The SMILES string of the molecule is C=COCCOCCOCCNC(=O)C1CC=C(CCCC)C1. The number of rotatable bonds is 14. The molecule has 0 aromatic carbocycles. The minimum atomic E-state index is 0.120. The second-order valence-electron chi connectivity index (χ2n) is 5.66. The molecule has 1 aliphatic carbocycles. The molecule has 0 radical (unpaired) electrons. The van der Waals surface area contributed by atoms with Crippen molar-refractivity contribution in [3.05, 3.63) is 24.5 Å². The van der Waals surface area contributed by atoms with Crippen LogP contribution in [0.25, 0.3) is 0 Å². The number of hydrogen-bond donors (Lipinski definition) is 1. The molecule has 5 nitrogen and oxygen atoms in total. The first-order valence-corrected chi connectivity index (χ1v) is 8.61. The van der Waals surface area contributed by atoms with E-state index >= 15 is 0 Å². The Bertz CT molecular complexity index is 368. The molecule has 1 N–H and O–H groups in total. The van der Waals surface area contributed by atoms with Crippen molar-refractivity contribution in [2.45, 2.75) is 39.0 Å². The topological polar surface area (TPSA) is 56.8 Å². The number of ether oxygens (including phenoxy) is 3. The van der Waals surface area contributed by atoms with E-state index < -0.39 is 0 Å². The number of allylic oxidation sites excluding steroid dienone is 2. The Morgan fingerprint density at radius 3 is 2.78 bits per heavy atom. The molecule has 0 saturated heterocycles. The molecular formula is C18H31NO4. The van der Waals surface area contributed by atoms with Crippen molar-refractivity contribution in [2.75, 3.05) is 39.6 Å². The molecule has 1 aliphatic rings. The standard InChI is InChI=1S/C18H31NO4/c1-3-5-6-16-7-8-17(15-16)18(20)19-9-10-22-13-14-23-12-11-21-4-2/h4,7,17H,2-3,5-6,8-15H2,1H3,(H,19,20). The molecule has 23 heavy (non-hydrogen) atoms. The quantitative estimate of drug-likeness (QED) is 0.303. The molecule has 0 fully saturated rings. The lowest BCUT2D eigenvalue weighted by atomic mass is 10.0. The Kier molecular flexibility index (Phi) is 11.3. The Morgan fingerprint density at radius 2 is 2.04 bits per heavy atom. The van der Waals surface area contributed by atoms with E-state index in [1.807, 2.05) is 0 Å². The third kappa shape index (κ3) is 9.41. The predicted molar refractivity (Wildman–Crippen MR) is 91.1 cm³/mol. The molecule has 0 bridgehead atoms. The van der Waals surface area contributed by atoms with Crippen molar-refractivity contribution >= 4 is 5.91 Å². The van der Waals surface area contributed by atoms with Crippen molar-refractivity contribution in [3.63, 3.8) is 0 Å². The Labute approximate surface area is 140 Å². The third-order valence-electron chi connectivity index (χ3n) is 3.80. The van der Waals surface area contributed by atoms with Crippen LogP contribution in [0.3, 0.4) is 0 Å². The molecular weight excluding hydrogens is 294 g/mol. The van der Waals surface area contributed by atoms with Gasteiger partial charge in [0.25, 0.3) is 0 Å². The van der Waals surface area contributed by atoms with E-state index in [0.29, 0.717) is 39.6 Å². The van der Waals surface area contributed by atoms with Gasteiger partial charge in [0.15, 0.2) is 0 Å². The fourth-order valence-electron chi connectivity index (χ4n) is 2.50. The van der Waals surface area contributed by atoms with Gasteiger partial charge in [-0.3, -0.25) is 4.79 Å². The monoisotopic (exact) mass is 325 g/mol. The van der Waals surface area contributed by atoms with Gasteiger partial charge in [0, 0.05) is 12.5 Å². The number of carbonyl (C=O) groups is 1. The van der Waals surface area contributed by atoms with Crippen LogP contribution in [0.5, 0.6) is 0 Å². The maximum atomic E-state index is 12.1. The van der Waals surface area contributed by atoms with E-state index in [2.05, 4.69) is 24.9 Å². The fourth-order valence-corrected chi connectivity index (χ4v) is 2.50. The summed E-state index contributed by atoms with van der Waals surface area (Å²) in [5.41, 5.74) is 1.45. The van der Waals surface area contributed by atoms with Crippen molar-refractivity contribution in [1.29, 1.82) is 0 Å². The van der Waals surface area contributed by atoms with Crippen LogP contribution >= 0.6 is 0 Å². The smallest absolute Gasteiger partial charge is 0.223 e. The van der Waals surface area contributed by atoms with Crippen molar-refractivity contribution in [1.82, 2.24) is 5.32 Å². The minimum absolute atomic E-state index is 0.120. The summed E-state index contributed by atoms with van der Waals surface area (Å²) < 4.78 is 15.6. The zero-order chi connectivity index (χ0) is 16.8. The summed E-state index contributed by atoms with van der Waals surface area (Å²) in [7, 11) is 0. The van der Waals surface area contributed by atoms with Crippen LogP contribution in [0.2, 0.25) is 0 Å². The minimum Gasteiger partial charge on any atom is -0.499 e. The molecule has 1 amide bonds. The summed E-state index contributed by atoms with van der Waals surface area (Å²) in [6, 6.07) is 0. The summed E-state index contributed by atoms with van der Waals surface area (Å²) in [6.07, 6.45) is 9.01. The van der Waals surface area contributed by atoms with Crippen LogP contribution in [-0.2, 0) is 19.0 Å². The summed E-state index contributed by atoms with van der Waals surface area (Å²) in [5, 5.41) is 2.95. The first kappa shape index (κ1) is 19.7. The van der Waals surface area contributed by atoms with Crippen LogP contribution in [0.1, 0.15) is 39.0 Å². The predicted octanol–water partition coefficient (Wildman–Crippen LogP) is 2.82. The maximum absolute atomic E-state index is 12.1. The summed E-state index contributed by atoms with van der Waals surface area (Å²) >= 11 is 0. The number of carbonyl (C=O) groups excluding carboxylic acids is 1. The number of amides is 1. The van der Waals surface area contributed by atoms with E-state index in [0.717, 1.165) is 19.3 Å². The second-order valence-corrected chi connectivity index (χ2v) is 5.66. The third-order valence-corrected chi connectivity index (χ3v) is 3.80. The lowest BCUT2D eigenvalue weighted by Crippen LogP contribution is -2.32. The van der Waals surface area contributed by atoms with Crippen LogP contribution in [0.15, 0.2) is 24.5 Å². The molecule has 132 valence electrons. The summed E-state index contributed by atoms with van der Waals surface area (Å²) in [5.74, 6) is 0.268. The van der Waals surface area contributed by atoms with Gasteiger partial charge in [0.2, 0.25) is 5.91 Å². The largest absolute Gasteiger partial charge is 0.499 e. The average Bonchev–Trinajstić information content (AvgIpc) is 3.03. The van der Waals surface area contributed by atoms with Crippen molar-refractivity contribution < 1.29 is 19.0 Å². The van der Waals surface area contributed by atoms with Gasteiger partial charge in [-0.15, -0.1) is 0 Å². The molecule has 0 spiro atoms. The van der Waals surface area contributed by atoms with Gasteiger partial charge in [-0.25, -0.2) is 0 Å². The zero-order valence-electron chi connectivity index (χ0n) is 14.4. The number of nitrogens with one attached hydrogen (secondary N) is 1. The highest BCUT2D eigenvalue weighted by Crippen LogP contribution is 2.28. The van der Waals surface area contributed by atoms with Crippen LogP contribution in [0.4, 0.5) is 0 Å². The number of hydrogen-bond acceptors (Lipinski definition) is 4. The average molecular weight is 325 g/mol. The molecule has 5 heteroatoms. The van der Waals surface area contributed by atoms with Crippen LogP contribution in [-0.4, -0.2) is 45.5 Å². The molecule has 0 saturated carbocycles. The molecule has 1 atom stereocenters. The lowest BCUT2D eigenvalue weighted by Gasteiger charge is -2.12. The maximum Gasteiger partial charge on any atom is 0.223 e. The van der Waals surface area contributed by atoms with Crippen LogP contribution in [0, 0.1) is 5.92 Å². The van der Waals surface area contributed by atoms with E-state index in [-0.39, 0.29) is 11.8 Å². The first-order chi connectivity index (χ1) is 11.3. The van der Waals surface area contributed by atoms with E-state index in [9.17, 15) is 4.79 Å². The number of unbranched alkanes of at least 4 members (excludes halogenated alkanes) is 1. The van der Waals surface area contributed by atoms with E-state index in [1.54, 1.807) is 0 Å². The molecule has 0 heterocycles. The highest BCUT2D eigenvalue weighted by molar-refractivity contribution is 5.79. The van der Waals surface area contributed by atoms with Gasteiger partial charge in [-0.2, -0.15) is 0 Å². The highest BCUT2D eigenvalue weighted by Gasteiger charge is 2.23. The molecule has 1 rings (SSSR count). The van der Waals surface area contributed by atoms with Gasteiger partial charge in [-0.1, -0.05) is 31.6 Å². The summed E-state index contributed by atoms with van der Waals surface area (Å²) in [6.45, 7) is 8.80. The molecule has 0 aliphatic heterocycles. The summed E-state index contributed by atoms with van der Waals surface area (Å²) in [4.78, 5) is 12.1. The molecule has 1 unspecified atom stereocenters. The Hall–Kier alpha value is -1.33. The fraction of sp³-hybridized carbons (Fsp3) is 0.722. The first-order valence-electron chi connectivity index (χ1n) is 8.61. The van der Waals surface area contributed by atoms with Gasteiger partial charge in [0.1, 0.15) is 6.61 Å². The van der Waals surface area contributed by atoms with Gasteiger partial charge in [-0.05, 0) is 25.7 Å². The van der Waals surface area contributed by atoms with Gasteiger partial charge in [0.05, 0.1) is 32.7 Å². The normalized spacial score (nSPS) is 16.9. The van der Waals surface area contributed by atoms with E-state index in [1.165, 1.54) is 24.7 Å². The highest BCUT2D eigenvalue weighted by atomic mass is 16.5. The lowest BCUT2D eigenvalue weighted by molar-refractivity contribution is -0.124. The Balaban J connectivity index is 1.92. The van der Waals surface area contributed by atoms with E-state index in [4.69, 9.17) is 14.2 Å². The van der Waals surface area contributed by atoms with Crippen molar-refractivity contribution in [2.24, 2.45) is 5.92 Å². The van der Waals surface area contributed by atoms with Gasteiger partial charge >= 0.3 is 0 Å². The van der Waals surface area contributed by atoms with Gasteiger partial charge < -0.3 is 19.5 Å². The molecule has 0 aromatic rings. The Morgan fingerprint density at radius 1 is 1.30 bits per heavy atom. The zero-order valence-corrected chi connectivity index (χ0v) is 14.4. The van der Waals surface area contributed by atoms with Crippen LogP contribution < -0.4 is 5.32 Å². The molecule has 0 aromatic heterocycles.